The predicted octanol–water partition coefficient (Wildman–Crippen LogP) is 7.67. The van der Waals surface area contributed by atoms with Crippen LogP contribution in [-0.2, 0) is 24.6 Å². The number of aryl methyl sites for hydroxylation is 1. The van der Waals surface area contributed by atoms with E-state index in [0.29, 0.717) is 27.4 Å². The van der Waals surface area contributed by atoms with Crippen molar-refractivity contribution in [1.29, 1.82) is 0 Å². The molecule has 0 saturated heterocycles. The van der Waals surface area contributed by atoms with E-state index < -0.39 is 36.9 Å². The number of thioether (sulfide) groups is 1. The van der Waals surface area contributed by atoms with Gasteiger partial charge in [-0.15, -0.1) is 0 Å². The number of carbonyl (C=O) groups is 1. The largest absolute Gasteiger partial charge is 0.456 e. The Bertz CT molecular complexity index is 1930. The minimum Gasteiger partial charge on any atom is -0.456 e. The van der Waals surface area contributed by atoms with E-state index in [9.17, 15) is 23.9 Å². The van der Waals surface area contributed by atoms with Crippen LogP contribution in [-0.4, -0.2) is 26.5 Å². The third-order valence-electron chi connectivity index (χ3n) is 6.78. The molecule has 4 rings (SSSR count). The monoisotopic (exact) mass is 654 g/mol. The number of anilines is 1. The molecule has 0 aliphatic rings. The van der Waals surface area contributed by atoms with Crippen LogP contribution in [0, 0.1) is 24.0 Å². The van der Waals surface area contributed by atoms with Crippen LogP contribution < -0.4 is 9.73 Å². The number of nitro benzene ring substituents is 1. The van der Waals surface area contributed by atoms with Gasteiger partial charge >= 0.3 is 5.97 Å². The van der Waals surface area contributed by atoms with Gasteiger partial charge in [-0.25, -0.2) is 9.00 Å². The highest BCUT2D eigenvalue weighted by Gasteiger charge is 2.36. The first kappa shape index (κ1) is 33.2. The maximum Gasteiger partial charge on any atom is 0.340 e. The van der Waals surface area contributed by atoms with Gasteiger partial charge in [0.05, 0.1) is 27.6 Å². The van der Waals surface area contributed by atoms with Crippen LogP contribution in [0.3, 0.4) is 0 Å². The number of benzene rings is 3. The molecular weight excluding hydrogens is 621 g/mol. The molecule has 3 aromatic carbocycles. The molecule has 232 valence electrons. The Balaban J connectivity index is 2.10. The van der Waals surface area contributed by atoms with Gasteiger partial charge in [0.1, 0.15) is 24.8 Å². The average Bonchev–Trinajstić information content (AvgIpc) is 2.95. The van der Waals surface area contributed by atoms with E-state index >= 15 is 0 Å². The number of nitro groups is 1. The zero-order valence-electron chi connectivity index (χ0n) is 25.5. The van der Waals surface area contributed by atoms with Gasteiger partial charge in [-0.1, -0.05) is 49.0 Å². The lowest BCUT2D eigenvalue weighted by Crippen LogP contribution is -2.35. The number of rotatable bonds is 9. The van der Waals surface area contributed by atoms with Crippen LogP contribution in [0.15, 0.2) is 79.9 Å². The molecule has 0 saturated carbocycles. The zero-order valence-corrected chi connectivity index (χ0v) is 28.0. The molecule has 0 radical (unpaired) electrons. The van der Waals surface area contributed by atoms with E-state index in [0.717, 1.165) is 5.56 Å². The van der Waals surface area contributed by atoms with Crippen LogP contribution in [0.1, 0.15) is 67.7 Å². The topological polar surface area (TPSA) is 120 Å². The molecule has 0 amide bonds. The zero-order chi connectivity index (χ0) is 32.6. The summed E-state index contributed by atoms with van der Waals surface area (Å²) >= 11 is 7.21. The standard InChI is InChI=1S/C32H34N2O7S3/c1-8-43-31-20(3)28(35)24-18-19(2)17-23(29(24)40-31)21(4)33(44(39,42)27-16-12-11-15-26(27)34(37)38)25-14-10-9-13-22(25)30(36)41-32(5,6)7/h9-18,21H,8H2,1-7H3/t21-,44?/m1/s1. The van der Waals surface area contributed by atoms with Gasteiger partial charge < -0.3 is 9.15 Å². The summed E-state index contributed by atoms with van der Waals surface area (Å²) < 4.78 is 28.3. The lowest BCUT2D eigenvalue weighted by Gasteiger charge is -2.34. The maximum atomic E-state index is 15.0. The fourth-order valence-corrected chi connectivity index (χ4v) is 8.49. The van der Waals surface area contributed by atoms with E-state index in [1.165, 1.54) is 46.4 Å². The lowest BCUT2D eigenvalue weighted by molar-refractivity contribution is -0.387. The molecule has 1 unspecified atom stereocenters. The maximum absolute atomic E-state index is 15.0. The van der Waals surface area contributed by atoms with E-state index in [1.54, 1.807) is 65.0 Å². The highest BCUT2D eigenvalue weighted by atomic mass is 32.8. The van der Waals surface area contributed by atoms with Gasteiger partial charge in [0, 0.05) is 28.4 Å². The summed E-state index contributed by atoms with van der Waals surface area (Å²) in [5.74, 6) is -0.0186. The minimum atomic E-state index is -3.90. The summed E-state index contributed by atoms with van der Waals surface area (Å²) in [7, 11) is -3.90. The Hall–Kier alpha value is -3.74. The molecule has 12 heteroatoms. The Labute approximate surface area is 265 Å². The van der Waals surface area contributed by atoms with Crippen LogP contribution in [0.5, 0.6) is 0 Å². The molecule has 0 aliphatic carbocycles. The summed E-state index contributed by atoms with van der Waals surface area (Å²) in [6, 6.07) is 14.6. The van der Waals surface area contributed by atoms with Crippen LogP contribution in [0.25, 0.3) is 11.0 Å². The van der Waals surface area contributed by atoms with E-state index in [4.69, 9.17) is 20.3 Å². The molecule has 44 heavy (non-hydrogen) atoms. The van der Waals surface area contributed by atoms with Crippen LogP contribution in [0.2, 0.25) is 0 Å². The first-order valence-electron chi connectivity index (χ1n) is 13.9. The molecule has 0 spiro atoms. The van der Waals surface area contributed by atoms with Crippen molar-refractivity contribution in [3.8, 4) is 0 Å². The van der Waals surface area contributed by atoms with Gasteiger partial charge in [-0.05, 0) is 77.1 Å². The molecule has 0 fully saturated rings. The molecule has 0 aliphatic heterocycles. The van der Waals surface area contributed by atoms with E-state index in [1.807, 2.05) is 13.8 Å². The number of ether oxygens (including phenoxy) is 1. The number of para-hydroxylation sites is 2. The van der Waals surface area contributed by atoms with Crippen LogP contribution >= 0.6 is 11.8 Å². The summed E-state index contributed by atoms with van der Waals surface area (Å²) in [5.41, 5.74) is 0.746. The van der Waals surface area contributed by atoms with Crippen molar-refractivity contribution < 1.29 is 23.1 Å². The summed E-state index contributed by atoms with van der Waals surface area (Å²) in [6.45, 7) is 12.4. The molecule has 4 aromatic rings. The van der Waals surface area contributed by atoms with Gasteiger partial charge in [-0.3, -0.25) is 19.2 Å². The lowest BCUT2D eigenvalue weighted by atomic mass is 10.00. The van der Waals surface area contributed by atoms with Crippen molar-refractivity contribution in [3.05, 3.63) is 103 Å². The third-order valence-corrected chi connectivity index (χ3v) is 10.7. The first-order valence-corrected chi connectivity index (χ1v) is 17.3. The van der Waals surface area contributed by atoms with Crippen molar-refractivity contribution in [1.82, 2.24) is 0 Å². The molecule has 0 bridgehead atoms. The van der Waals surface area contributed by atoms with E-state index in [-0.39, 0.29) is 27.2 Å². The SMILES string of the molecule is CCSc1oc2c([C@@H](C)N(c3ccccc3C(=O)OC(C)(C)C)S(=O)(=S)c3ccccc3[N+](=O)[O-])cc(C)cc2c(=O)c1C. The van der Waals surface area contributed by atoms with Crippen molar-refractivity contribution in [2.45, 2.75) is 70.1 Å². The number of hydrogen-bond donors (Lipinski definition) is 0. The Morgan fingerprint density at radius 2 is 1.77 bits per heavy atom. The third kappa shape index (κ3) is 6.52. The Morgan fingerprint density at radius 1 is 1.14 bits per heavy atom. The number of fused-ring (bicyclic) bond motifs is 1. The molecule has 0 N–H and O–H groups in total. The summed E-state index contributed by atoms with van der Waals surface area (Å²) in [5, 5.41) is 12.9. The molecule has 1 aromatic heterocycles. The normalized spacial score (nSPS) is 13.7. The number of nitrogens with zero attached hydrogens (tertiary/aromatic N) is 2. The fourth-order valence-electron chi connectivity index (χ4n) is 4.90. The molecule has 1 heterocycles. The van der Waals surface area contributed by atoms with E-state index in [2.05, 4.69) is 0 Å². The van der Waals surface area contributed by atoms with Crippen molar-refractivity contribution >= 4 is 59.9 Å². The molecular formula is C32H34N2O7S3. The second kappa shape index (κ2) is 12.7. The number of hydrogen-bond acceptors (Lipinski definition) is 9. The number of carbonyl (C=O) groups excluding carboxylic acids is 1. The van der Waals surface area contributed by atoms with Crippen molar-refractivity contribution in [2.24, 2.45) is 0 Å². The van der Waals surface area contributed by atoms with Gasteiger partial charge in [-0.2, -0.15) is 0 Å². The van der Waals surface area contributed by atoms with Crippen LogP contribution in [0.4, 0.5) is 11.4 Å². The second-order valence-corrected chi connectivity index (χ2v) is 15.6. The minimum absolute atomic E-state index is 0.0712. The van der Waals surface area contributed by atoms with Crippen molar-refractivity contribution in [2.75, 3.05) is 10.1 Å². The van der Waals surface area contributed by atoms with Crippen molar-refractivity contribution in [3.63, 3.8) is 0 Å². The highest BCUT2D eigenvalue weighted by molar-refractivity contribution is 8.33. The highest BCUT2D eigenvalue weighted by Crippen LogP contribution is 2.41. The predicted molar refractivity (Wildman–Crippen MR) is 178 cm³/mol. The quantitative estimate of drug-likeness (QED) is 0.0775. The smallest absolute Gasteiger partial charge is 0.340 e. The first-order chi connectivity index (χ1) is 20.6. The number of esters is 1. The average molecular weight is 655 g/mol. The van der Waals surface area contributed by atoms with Gasteiger partial charge in [0.2, 0.25) is 0 Å². The Morgan fingerprint density at radius 3 is 2.41 bits per heavy atom. The Kier molecular flexibility index (Phi) is 9.57. The van der Waals surface area contributed by atoms with Gasteiger partial charge in [0.15, 0.2) is 10.5 Å². The van der Waals surface area contributed by atoms with Gasteiger partial charge in [0.25, 0.3) is 5.69 Å². The fraction of sp³-hybridized carbons (Fsp3) is 0.312. The summed E-state index contributed by atoms with van der Waals surface area (Å²) in [6.07, 6.45) is 0. The summed E-state index contributed by atoms with van der Waals surface area (Å²) in [4.78, 5) is 38.3. The second-order valence-electron chi connectivity index (χ2n) is 11.2. The molecule has 9 nitrogen and oxygen atoms in total. The molecule has 2 atom stereocenters.